The maximum absolute atomic E-state index is 5.88. The van der Waals surface area contributed by atoms with E-state index in [2.05, 4.69) is 20.9 Å². The fourth-order valence-corrected chi connectivity index (χ4v) is 2.63. The summed E-state index contributed by atoms with van der Waals surface area (Å²) in [5.41, 5.74) is 6.69. The molecule has 114 valence electrons. The van der Waals surface area contributed by atoms with Crippen molar-refractivity contribution in [3.63, 3.8) is 0 Å². The molecule has 0 saturated carbocycles. The van der Waals surface area contributed by atoms with Crippen LogP contribution in [0.25, 0.3) is 0 Å². The van der Waals surface area contributed by atoms with Crippen molar-refractivity contribution in [1.29, 1.82) is 0 Å². The Morgan fingerprint density at radius 1 is 1.33 bits per heavy atom. The summed E-state index contributed by atoms with van der Waals surface area (Å²) in [6.07, 6.45) is 4.44. The molecule has 0 radical (unpaired) electrons. The van der Waals surface area contributed by atoms with E-state index in [1.165, 1.54) is 0 Å². The highest BCUT2D eigenvalue weighted by atomic mass is 79.9. The van der Waals surface area contributed by atoms with Gasteiger partial charge in [0.05, 0.1) is 17.7 Å². The molecule has 0 amide bonds. The predicted molar refractivity (Wildman–Crippen MR) is 85.6 cm³/mol. The average molecular weight is 354 g/mol. The van der Waals surface area contributed by atoms with Gasteiger partial charge < -0.3 is 19.8 Å². The summed E-state index contributed by atoms with van der Waals surface area (Å²) in [7, 11) is 1.97. The van der Waals surface area contributed by atoms with Crippen molar-refractivity contribution >= 4 is 15.9 Å². The van der Waals surface area contributed by atoms with Gasteiger partial charge in [0.2, 0.25) is 0 Å². The summed E-state index contributed by atoms with van der Waals surface area (Å²) in [5, 5.41) is 0. The third kappa shape index (κ3) is 3.98. The maximum Gasteiger partial charge on any atom is 0.175 e. The largest absolute Gasteiger partial charge is 0.490 e. The molecule has 0 aliphatic heterocycles. The second kappa shape index (κ2) is 7.47. The number of halogens is 1. The third-order valence-electron chi connectivity index (χ3n) is 3.10. The number of hydrogen-bond donors (Lipinski definition) is 1. The molecular weight excluding hydrogens is 334 g/mol. The molecule has 21 heavy (non-hydrogen) atoms. The zero-order valence-corrected chi connectivity index (χ0v) is 13.9. The molecule has 0 fully saturated rings. The van der Waals surface area contributed by atoms with E-state index in [0.717, 1.165) is 22.3 Å². The van der Waals surface area contributed by atoms with Gasteiger partial charge in [0.15, 0.2) is 11.5 Å². The first-order valence-electron chi connectivity index (χ1n) is 6.90. The van der Waals surface area contributed by atoms with E-state index in [9.17, 15) is 0 Å². The number of aromatic nitrogens is 2. The number of aryl methyl sites for hydroxylation is 1. The number of imidazole rings is 1. The SMILES string of the molecule is CCOc1cc(CN)cc(Br)c1OCCc1nccn1C. The Labute approximate surface area is 133 Å². The fourth-order valence-electron chi connectivity index (χ4n) is 2.02. The van der Waals surface area contributed by atoms with Crippen LogP contribution in [0.2, 0.25) is 0 Å². The van der Waals surface area contributed by atoms with Crippen LogP contribution >= 0.6 is 15.9 Å². The van der Waals surface area contributed by atoms with E-state index >= 15 is 0 Å². The Bertz CT molecular complexity index is 599. The molecule has 5 nitrogen and oxygen atoms in total. The number of benzene rings is 1. The van der Waals surface area contributed by atoms with Crippen LogP contribution < -0.4 is 15.2 Å². The zero-order chi connectivity index (χ0) is 15.2. The molecule has 2 aromatic rings. The van der Waals surface area contributed by atoms with Crippen molar-refractivity contribution < 1.29 is 9.47 Å². The van der Waals surface area contributed by atoms with Gasteiger partial charge in [-0.05, 0) is 40.5 Å². The van der Waals surface area contributed by atoms with Crippen LogP contribution in [-0.4, -0.2) is 22.8 Å². The number of nitrogens with two attached hydrogens (primary N) is 1. The van der Waals surface area contributed by atoms with Crippen molar-refractivity contribution in [2.45, 2.75) is 19.9 Å². The second-order valence-electron chi connectivity index (χ2n) is 4.59. The monoisotopic (exact) mass is 353 g/mol. The summed E-state index contributed by atoms with van der Waals surface area (Å²) >= 11 is 3.52. The molecule has 1 aromatic carbocycles. The normalized spacial score (nSPS) is 10.7. The first-order chi connectivity index (χ1) is 10.2. The van der Waals surface area contributed by atoms with Crippen LogP contribution in [0.1, 0.15) is 18.3 Å². The minimum Gasteiger partial charge on any atom is -0.490 e. The van der Waals surface area contributed by atoms with Crippen molar-refractivity contribution in [1.82, 2.24) is 9.55 Å². The Kier molecular flexibility index (Phi) is 5.64. The first kappa shape index (κ1) is 15.9. The maximum atomic E-state index is 5.88. The fraction of sp³-hybridized carbons (Fsp3) is 0.400. The lowest BCUT2D eigenvalue weighted by atomic mass is 10.2. The highest BCUT2D eigenvalue weighted by molar-refractivity contribution is 9.10. The minimum atomic E-state index is 0.465. The summed E-state index contributed by atoms with van der Waals surface area (Å²) < 4.78 is 14.4. The third-order valence-corrected chi connectivity index (χ3v) is 3.69. The van der Waals surface area contributed by atoms with Gasteiger partial charge in [-0.25, -0.2) is 4.98 Å². The van der Waals surface area contributed by atoms with Gasteiger partial charge in [0.25, 0.3) is 0 Å². The van der Waals surface area contributed by atoms with Gasteiger partial charge in [0, 0.05) is 32.4 Å². The van der Waals surface area contributed by atoms with Gasteiger partial charge >= 0.3 is 0 Å². The summed E-state index contributed by atoms with van der Waals surface area (Å²) in [4.78, 5) is 4.28. The summed E-state index contributed by atoms with van der Waals surface area (Å²) in [6.45, 7) is 3.52. The zero-order valence-electron chi connectivity index (χ0n) is 12.3. The molecule has 2 N–H and O–H groups in total. The molecule has 1 heterocycles. The van der Waals surface area contributed by atoms with Crippen LogP contribution in [0, 0.1) is 0 Å². The molecule has 0 bridgehead atoms. The van der Waals surface area contributed by atoms with Gasteiger partial charge in [-0.15, -0.1) is 0 Å². The topological polar surface area (TPSA) is 62.3 Å². The molecule has 0 aliphatic carbocycles. The smallest absolute Gasteiger partial charge is 0.175 e. The van der Waals surface area contributed by atoms with Crippen LogP contribution in [0.15, 0.2) is 29.0 Å². The quantitative estimate of drug-likeness (QED) is 0.831. The molecular formula is C15H20BrN3O2. The van der Waals surface area contributed by atoms with E-state index in [-0.39, 0.29) is 0 Å². The van der Waals surface area contributed by atoms with E-state index in [0.29, 0.717) is 31.3 Å². The number of rotatable bonds is 7. The Balaban J connectivity index is 2.09. The highest BCUT2D eigenvalue weighted by Gasteiger charge is 2.12. The Morgan fingerprint density at radius 3 is 2.76 bits per heavy atom. The minimum absolute atomic E-state index is 0.465. The van der Waals surface area contributed by atoms with Crippen LogP contribution in [0.5, 0.6) is 11.5 Å². The van der Waals surface area contributed by atoms with Crippen LogP contribution in [0.4, 0.5) is 0 Å². The van der Waals surface area contributed by atoms with Gasteiger partial charge in [-0.1, -0.05) is 0 Å². The lowest BCUT2D eigenvalue weighted by Crippen LogP contribution is -2.08. The molecule has 0 unspecified atom stereocenters. The molecule has 0 spiro atoms. The Morgan fingerprint density at radius 2 is 2.14 bits per heavy atom. The second-order valence-corrected chi connectivity index (χ2v) is 5.45. The lowest BCUT2D eigenvalue weighted by molar-refractivity contribution is 0.275. The van der Waals surface area contributed by atoms with E-state index in [4.69, 9.17) is 15.2 Å². The molecule has 0 aliphatic rings. The Hall–Kier alpha value is -1.53. The number of hydrogen-bond acceptors (Lipinski definition) is 4. The van der Waals surface area contributed by atoms with Crippen molar-refractivity contribution in [2.24, 2.45) is 12.8 Å². The lowest BCUT2D eigenvalue weighted by Gasteiger charge is -2.15. The standard InChI is InChI=1S/C15H20BrN3O2/c1-3-20-13-9-11(10-17)8-12(16)15(13)21-7-4-14-18-5-6-19(14)2/h5-6,8-9H,3-4,7,10,17H2,1-2H3. The van der Waals surface area contributed by atoms with Gasteiger partial charge in [0.1, 0.15) is 5.82 Å². The van der Waals surface area contributed by atoms with Gasteiger partial charge in [-0.2, -0.15) is 0 Å². The molecule has 2 rings (SSSR count). The first-order valence-corrected chi connectivity index (χ1v) is 7.69. The predicted octanol–water partition coefficient (Wildman–Crippen LogP) is 2.66. The van der Waals surface area contributed by atoms with E-state index in [1.807, 2.05) is 36.9 Å². The van der Waals surface area contributed by atoms with E-state index < -0.39 is 0 Å². The molecule has 6 heteroatoms. The number of nitrogens with zero attached hydrogens (tertiary/aromatic N) is 2. The molecule has 1 aromatic heterocycles. The molecule has 0 saturated heterocycles. The van der Waals surface area contributed by atoms with Crippen molar-refractivity contribution in [2.75, 3.05) is 13.2 Å². The highest BCUT2D eigenvalue weighted by Crippen LogP contribution is 2.36. The average Bonchev–Trinajstić information content (AvgIpc) is 2.87. The van der Waals surface area contributed by atoms with E-state index in [1.54, 1.807) is 6.20 Å². The van der Waals surface area contributed by atoms with Crippen LogP contribution in [-0.2, 0) is 20.0 Å². The number of ether oxygens (including phenoxy) is 2. The van der Waals surface area contributed by atoms with Crippen molar-refractivity contribution in [3.05, 3.63) is 40.4 Å². The van der Waals surface area contributed by atoms with Crippen LogP contribution in [0.3, 0.4) is 0 Å². The summed E-state index contributed by atoms with van der Waals surface area (Å²) in [6, 6.07) is 3.88. The van der Waals surface area contributed by atoms with Crippen molar-refractivity contribution in [3.8, 4) is 11.5 Å². The summed E-state index contributed by atoms with van der Waals surface area (Å²) in [5.74, 6) is 2.41. The van der Waals surface area contributed by atoms with Gasteiger partial charge in [-0.3, -0.25) is 0 Å². The molecule has 0 atom stereocenters.